The molecule has 0 atom stereocenters. The summed E-state index contributed by atoms with van der Waals surface area (Å²) >= 11 is 7.52. The van der Waals surface area contributed by atoms with Gasteiger partial charge in [0.15, 0.2) is 0 Å². The van der Waals surface area contributed by atoms with Crippen LogP contribution >= 0.6 is 23.4 Å². The maximum atomic E-state index is 12.3. The Morgan fingerprint density at radius 3 is 2.14 bits per heavy atom. The zero-order chi connectivity index (χ0) is 20.9. The molecule has 0 unspecified atom stereocenters. The van der Waals surface area contributed by atoms with Crippen LogP contribution in [0, 0.1) is 0 Å². The monoisotopic (exact) mass is 437 g/mol. The minimum Gasteiger partial charge on any atom is -0.406 e. The van der Waals surface area contributed by atoms with Crippen LogP contribution in [0.4, 0.5) is 18.9 Å². The first-order valence-electron chi connectivity index (χ1n) is 8.43. The lowest BCUT2D eigenvalue weighted by atomic mass is 10.1. The van der Waals surface area contributed by atoms with Crippen LogP contribution in [0.1, 0.15) is 15.9 Å². The number of alkyl halides is 3. The molecule has 0 aliphatic heterocycles. The number of ether oxygens (including phenoxy) is 1. The van der Waals surface area contributed by atoms with E-state index in [1.807, 2.05) is 36.4 Å². The first-order valence-corrected chi connectivity index (χ1v) is 9.79. The van der Waals surface area contributed by atoms with Crippen LogP contribution in [-0.4, -0.2) is 12.3 Å². The predicted octanol–water partition coefficient (Wildman–Crippen LogP) is 6.78. The lowest BCUT2D eigenvalue weighted by Gasteiger charge is -2.10. The summed E-state index contributed by atoms with van der Waals surface area (Å²) in [6, 6.07) is 19.6. The second kappa shape index (κ2) is 9.24. The van der Waals surface area contributed by atoms with Gasteiger partial charge < -0.3 is 10.1 Å². The molecular weight excluding hydrogens is 423 g/mol. The minimum atomic E-state index is -4.75. The number of rotatable bonds is 6. The van der Waals surface area contributed by atoms with Crippen molar-refractivity contribution in [2.24, 2.45) is 0 Å². The third-order valence-corrected chi connectivity index (χ3v) is 5.12. The Bertz CT molecular complexity index is 959. The SMILES string of the molecule is O=C(Nc1ccc(OC(F)(F)F)cc1)c1ccc(CSc2ccc(Cl)cc2)cc1. The highest BCUT2D eigenvalue weighted by Crippen LogP contribution is 2.25. The fourth-order valence-corrected chi connectivity index (χ4v) is 3.37. The van der Waals surface area contributed by atoms with Gasteiger partial charge in [-0.3, -0.25) is 4.79 Å². The summed E-state index contributed by atoms with van der Waals surface area (Å²) in [5.74, 6) is 0.0360. The van der Waals surface area contributed by atoms with Gasteiger partial charge in [-0.1, -0.05) is 23.7 Å². The molecule has 0 fully saturated rings. The van der Waals surface area contributed by atoms with Crippen LogP contribution in [0.15, 0.2) is 77.7 Å². The number of carbonyl (C=O) groups excluding carboxylic acids is 1. The summed E-state index contributed by atoms with van der Waals surface area (Å²) in [5.41, 5.74) is 1.86. The number of halogens is 4. The second-order valence-corrected chi connectivity index (χ2v) is 7.45. The summed E-state index contributed by atoms with van der Waals surface area (Å²) in [6.45, 7) is 0. The Kier molecular flexibility index (Phi) is 6.71. The second-order valence-electron chi connectivity index (χ2n) is 5.97. The van der Waals surface area contributed by atoms with Crippen molar-refractivity contribution in [1.82, 2.24) is 0 Å². The van der Waals surface area contributed by atoms with Gasteiger partial charge in [0.05, 0.1) is 0 Å². The summed E-state index contributed by atoms with van der Waals surface area (Å²) in [5, 5.41) is 3.32. The molecule has 0 aliphatic carbocycles. The van der Waals surface area contributed by atoms with Crippen LogP contribution < -0.4 is 10.1 Å². The molecule has 29 heavy (non-hydrogen) atoms. The lowest BCUT2D eigenvalue weighted by Crippen LogP contribution is -2.17. The molecule has 1 N–H and O–H groups in total. The van der Waals surface area contributed by atoms with Gasteiger partial charge in [0, 0.05) is 26.9 Å². The van der Waals surface area contributed by atoms with E-state index in [1.54, 1.807) is 23.9 Å². The molecule has 3 aromatic carbocycles. The largest absolute Gasteiger partial charge is 0.573 e. The first-order chi connectivity index (χ1) is 13.8. The quantitative estimate of drug-likeness (QED) is 0.432. The van der Waals surface area contributed by atoms with Gasteiger partial charge in [-0.25, -0.2) is 0 Å². The number of nitrogens with one attached hydrogen (secondary N) is 1. The van der Waals surface area contributed by atoms with E-state index in [0.717, 1.165) is 28.3 Å². The number of thioether (sulfide) groups is 1. The van der Waals surface area contributed by atoms with E-state index < -0.39 is 6.36 Å². The third-order valence-electron chi connectivity index (χ3n) is 3.78. The van der Waals surface area contributed by atoms with Gasteiger partial charge in [0.1, 0.15) is 5.75 Å². The van der Waals surface area contributed by atoms with Gasteiger partial charge in [0.25, 0.3) is 5.91 Å². The molecular formula is C21H15ClF3NO2S. The minimum absolute atomic E-state index is 0.349. The molecule has 3 rings (SSSR count). The Morgan fingerprint density at radius 1 is 0.931 bits per heavy atom. The third kappa shape index (κ3) is 6.73. The highest BCUT2D eigenvalue weighted by molar-refractivity contribution is 7.98. The van der Waals surface area contributed by atoms with Gasteiger partial charge in [-0.15, -0.1) is 24.9 Å². The van der Waals surface area contributed by atoms with Gasteiger partial charge >= 0.3 is 6.36 Å². The first kappa shape index (κ1) is 21.1. The normalized spacial score (nSPS) is 11.2. The summed E-state index contributed by atoms with van der Waals surface area (Å²) in [4.78, 5) is 13.4. The Hall–Kier alpha value is -2.64. The Morgan fingerprint density at radius 2 is 1.55 bits per heavy atom. The average molecular weight is 438 g/mol. The fraction of sp³-hybridized carbons (Fsp3) is 0.0952. The van der Waals surface area contributed by atoms with Crippen LogP contribution in [0.3, 0.4) is 0 Å². The standard InChI is InChI=1S/C21H15ClF3NO2S/c22-16-5-11-19(12-6-16)29-13-14-1-3-15(4-2-14)20(27)26-17-7-9-18(10-8-17)28-21(23,24)25/h1-12H,13H2,(H,26,27). The predicted molar refractivity (Wildman–Crippen MR) is 109 cm³/mol. The van der Waals surface area contributed by atoms with Crippen LogP contribution in [-0.2, 0) is 5.75 Å². The van der Waals surface area contributed by atoms with Crippen molar-refractivity contribution in [3.8, 4) is 5.75 Å². The molecule has 0 saturated heterocycles. The molecule has 0 spiro atoms. The molecule has 0 radical (unpaired) electrons. The molecule has 0 bridgehead atoms. The molecule has 150 valence electrons. The van der Waals surface area contributed by atoms with Crippen LogP contribution in [0.25, 0.3) is 0 Å². The van der Waals surface area contributed by atoms with Gasteiger partial charge in [0.2, 0.25) is 0 Å². The van der Waals surface area contributed by atoms with Crippen molar-refractivity contribution < 1.29 is 22.7 Å². The molecule has 3 aromatic rings. The number of carbonyl (C=O) groups is 1. The van der Waals surface area contributed by atoms with Crippen LogP contribution in [0.2, 0.25) is 5.02 Å². The summed E-state index contributed by atoms with van der Waals surface area (Å²) in [7, 11) is 0. The van der Waals surface area contributed by atoms with Crippen LogP contribution in [0.5, 0.6) is 5.75 Å². The number of benzene rings is 3. The molecule has 3 nitrogen and oxygen atoms in total. The number of anilines is 1. The molecule has 1 amide bonds. The van der Waals surface area contributed by atoms with Gasteiger partial charge in [-0.2, -0.15) is 0 Å². The molecule has 0 heterocycles. The zero-order valence-corrected chi connectivity index (χ0v) is 16.4. The van der Waals surface area contributed by atoms with Crippen molar-refractivity contribution in [2.45, 2.75) is 17.0 Å². The molecule has 0 aromatic heterocycles. The van der Waals surface area contributed by atoms with E-state index in [4.69, 9.17) is 11.6 Å². The van der Waals surface area contributed by atoms with Gasteiger partial charge in [-0.05, 0) is 66.2 Å². The summed E-state index contributed by atoms with van der Waals surface area (Å²) < 4.78 is 40.3. The van der Waals surface area contributed by atoms with Crippen molar-refractivity contribution >= 4 is 35.0 Å². The smallest absolute Gasteiger partial charge is 0.406 e. The van der Waals surface area contributed by atoms with Crippen molar-refractivity contribution in [3.63, 3.8) is 0 Å². The number of hydrogen-bond donors (Lipinski definition) is 1. The van der Waals surface area contributed by atoms with E-state index in [9.17, 15) is 18.0 Å². The Balaban J connectivity index is 1.55. The number of amides is 1. The Labute approximate surface area is 174 Å². The topological polar surface area (TPSA) is 38.3 Å². The van der Waals surface area contributed by atoms with E-state index >= 15 is 0 Å². The van der Waals surface area contributed by atoms with E-state index in [1.165, 1.54) is 12.1 Å². The molecule has 8 heteroatoms. The van der Waals surface area contributed by atoms with E-state index in [2.05, 4.69) is 10.1 Å². The average Bonchev–Trinajstić information content (AvgIpc) is 2.68. The van der Waals surface area contributed by atoms with Crippen molar-refractivity contribution in [3.05, 3.63) is 88.9 Å². The fourth-order valence-electron chi connectivity index (χ4n) is 2.39. The van der Waals surface area contributed by atoms with E-state index in [0.29, 0.717) is 16.3 Å². The zero-order valence-electron chi connectivity index (χ0n) is 14.9. The molecule has 0 aliphatic rings. The van der Waals surface area contributed by atoms with Crippen molar-refractivity contribution in [1.29, 1.82) is 0 Å². The highest BCUT2D eigenvalue weighted by Gasteiger charge is 2.30. The lowest BCUT2D eigenvalue weighted by molar-refractivity contribution is -0.274. The van der Waals surface area contributed by atoms with Crippen molar-refractivity contribution in [2.75, 3.05) is 5.32 Å². The molecule has 0 saturated carbocycles. The summed E-state index contributed by atoms with van der Waals surface area (Å²) in [6.07, 6.45) is -4.75. The maximum Gasteiger partial charge on any atom is 0.573 e. The van der Waals surface area contributed by atoms with E-state index in [-0.39, 0.29) is 11.7 Å². The number of hydrogen-bond acceptors (Lipinski definition) is 3. The highest BCUT2D eigenvalue weighted by atomic mass is 35.5. The maximum absolute atomic E-state index is 12.3.